The molecule has 0 unspecified atom stereocenters. The molecule has 1 aromatic heterocycles. The van der Waals surface area contributed by atoms with Crippen molar-refractivity contribution in [1.82, 2.24) is 4.98 Å². The largest absolute Gasteiger partial charge is 0.455 e. The zero-order chi connectivity index (χ0) is 26.7. The number of nitrogens with zero attached hydrogens (tertiary/aromatic N) is 1. The van der Waals surface area contributed by atoms with Gasteiger partial charge in [-0.2, -0.15) is 26.3 Å². The van der Waals surface area contributed by atoms with Crippen molar-refractivity contribution in [2.75, 3.05) is 0 Å². The normalized spacial score (nSPS) is 12.5. The Morgan fingerprint density at radius 1 is 0.944 bits per heavy atom. The van der Waals surface area contributed by atoms with E-state index in [-0.39, 0.29) is 41.4 Å². The Kier molecular flexibility index (Phi) is 7.78. The van der Waals surface area contributed by atoms with Gasteiger partial charge in [-0.25, -0.2) is 4.98 Å². The van der Waals surface area contributed by atoms with Gasteiger partial charge in [-0.05, 0) is 48.7 Å². The molecule has 3 rings (SSSR count). The average Bonchev–Trinajstić information content (AvgIpc) is 2.80. The number of carbonyl (C=O) groups is 1. The highest BCUT2D eigenvalue weighted by molar-refractivity contribution is 5.95. The van der Waals surface area contributed by atoms with Crippen molar-refractivity contribution in [2.24, 2.45) is 0 Å². The van der Waals surface area contributed by atoms with Crippen molar-refractivity contribution in [1.29, 1.82) is 0 Å². The van der Waals surface area contributed by atoms with Crippen molar-refractivity contribution in [2.45, 2.75) is 51.1 Å². The molecule has 0 aliphatic rings. The third kappa shape index (κ3) is 5.70. The third-order valence-corrected chi connectivity index (χ3v) is 5.55. The maximum absolute atomic E-state index is 13.3. The summed E-state index contributed by atoms with van der Waals surface area (Å²) in [6.45, 7) is 3.62. The second-order valence-electron chi connectivity index (χ2n) is 8.35. The van der Waals surface area contributed by atoms with Gasteiger partial charge in [0.15, 0.2) is 5.78 Å². The van der Waals surface area contributed by atoms with Gasteiger partial charge in [-0.3, -0.25) is 4.79 Å². The summed E-state index contributed by atoms with van der Waals surface area (Å²) in [5.74, 6) is -0.0956. The highest BCUT2D eigenvalue weighted by atomic mass is 19.4. The number of ether oxygens (including phenoxy) is 1. The molecule has 0 aliphatic heterocycles. The molecular weight excluding hydrogens is 488 g/mol. The van der Waals surface area contributed by atoms with Gasteiger partial charge in [-0.1, -0.05) is 49.2 Å². The third-order valence-electron chi connectivity index (χ3n) is 5.55. The Bertz CT molecular complexity index is 1190. The van der Waals surface area contributed by atoms with E-state index in [1.807, 2.05) is 31.2 Å². The zero-order valence-corrected chi connectivity index (χ0v) is 19.4. The van der Waals surface area contributed by atoms with Gasteiger partial charge < -0.3 is 9.84 Å². The van der Waals surface area contributed by atoms with Crippen LogP contribution < -0.4 is 4.74 Å². The number of aliphatic hydroxyl groups is 1. The lowest BCUT2D eigenvalue weighted by molar-refractivity contribution is -0.376. The van der Waals surface area contributed by atoms with Crippen LogP contribution in [0.25, 0.3) is 0 Å². The molecule has 0 aliphatic carbocycles. The number of hydrogen-bond donors (Lipinski definition) is 1. The van der Waals surface area contributed by atoms with Gasteiger partial charge >= 0.3 is 12.4 Å². The van der Waals surface area contributed by atoms with Crippen LogP contribution in [0.1, 0.15) is 46.1 Å². The molecule has 0 fully saturated rings. The molecule has 0 bridgehead atoms. The average molecular weight is 511 g/mol. The topological polar surface area (TPSA) is 59.4 Å². The Labute approximate surface area is 203 Å². The molecule has 0 saturated heterocycles. The first-order valence-electron chi connectivity index (χ1n) is 11.0. The second kappa shape index (κ2) is 10.3. The quantitative estimate of drug-likeness (QED) is 0.265. The number of carbonyl (C=O) groups excluding carboxylic acids is 1. The van der Waals surface area contributed by atoms with Gasteiger partial charge in [0.1, 0.15) is 17.2 Å². The number of hydrogen-bond acceptors (Lipinski definition) is 4. The first-order valence-corrected chi connectivity index (χ1v) is 11.0. The highest BCUT2D eigenvalue weighted by Crippen LogP contribution is 2.50. The molecular formula is C26H23F6NO3. The van der Waals surface area contributed by atoms with E-state index in [0.29, 0.717) is 18.6 Å². The Balaban J connectivity index is 1.84. The van der Waals surface area contributed by atoms with Crippen molar-refractivity contribution >= 4 is 5.78 Å². The lowest BCUT2D eigenvalue weighted by Gasteiger charge is -2.33. The summed E-state index contributed by atoms with van der Waals surface area (Å²) in [4.78, 5) is 16.6. The predicted octanol–water partition coefficient (Wildman–Crippen LogP) is 6.87. The molecule has 1 N–H and O–H groups in total. The maximum atomic E-state index is 13.3. The predicted molar refractivity (Wildman–Crippen MR) is 120 cm³/mol. The minimum atomic E-state index is -5.98. The van der Waals surface area contributed by atoms with Crippen LogP contribution in [0.5, 0.6) is 11.5 Å². The highest BCUT2D eigenvalue weighted by Gasteiger charge is 2.71. The molecule has 10 heteroatoms. The van der Waals surface area contributed by atoms with Gasteiger partial charge in [0, 0.05) is 12.0 Å². The maximum Gasteiger partial charge on any atom is 0.430 e. The van der Waals surface area contributed by atoms with Crippen LogP contribution in [0.4, 0.5) is 26.3 Å². The molecule has 4 nitrogen and oxygen atoms in total. The van der Waals surface area contributed by atoms with Crippen molar-refractivity contribution in [3.05, 3.63) is 88.7 Å². The van der Waals surface area contributed by atoms with Crippen LogP contribution >= 0.6 is 0 Å². The fraction of sp³-hybridized carbons (Fsp3) is 0.308. The van der Waals surface area contributed by atoms with E-state index in [1.54, 1.807) is 6.92 Å². The minimum Gasteiger partial charge on any atom is -0.455 e. The van der Waals surface area contributed by atoms with Crippen LogP contribution in [-0.4, -0.2) is 28.2 Å². The number of benzene rings is 2. The molecule has 0 spiro atoms. The van der Waals surface area contributed by atoms with Crippen molar-refractivity contribution < 1.29 is 41.0 Å². The van der Waals surface area contributed by atoms with E-state index in [4.69, 9.17) is 4.74 Å². The van der Waals surface area contributed by atoms with Crippen LogP contribution in [0, 0.1) is 6.92 Å². The van der Waals surface area contributed by atoms with Crippen LogP contribution in [0.15, 0.2) is 60.8 Å². The Morgan fingerprint density at radius 2 is 1.58 bits per heavy atom. The van der Waals surface area contributed by atoms with E-state index in [2.05, 4.69) is 4.98 Å². The summed E-state index contributed by atoms with van der Waals surface area (Å²) in [5.41, 5.74) is -4.29. The SMILES string of the molecule is CCCc1cc(C(O)(C(F)(F)F)C(F)(F)F)ccc1Oc1ccc(C(=O)Cc2ccc(C)cc2)nc1. The fourth-order valence-corrected chi connectivity index (χ4v) is 3.57. The van der Waals surface area contributed by atoms with Crippen LogP contribution in [0.2, 0.25) is 0 Å². The number of aromatic nitrogens is 1. The van der Waals surface area contributed by atoms with E-state index in [1.165, 1.54) is 18.3 Å². The van der Waals surface area contributed by atoms with Gasteiger partial charge in [-0.15, -0.1) is 0 Å². The standard InChI is InChI=1S/C26H23F6NO3/c1-3-4-18-14-19(24(35,25(27,28)29)26(30,31)32)9-12-23(18)36-20-10-11-21(33-15-20)22(34)13-17-7-5-16(2)6-8-17/h5-12,14-15,35H,3-4,13H2,1-2H3. The Hall–Kier alpha value is -3.40. The Morgan fingerprint density at radius 3 is 2.11 bits per heavy atom. The summed E-state index contributed by atoms with van der Waals surface area (Å²) in [6, 6.07) is 12.4. The lowest BCUT2D eigenvalue weighted by atomic mass is 9.90. The molecule has 0 atom stereocenters. The number of alkyl halides is 6. The first kappa shape index (κ1) is 27.2. The number of pyridine rings is 1. The number of rotatable bonds is 8. The second-order valence-corrected chi connectivity index (χ2v) is 8.35. The van der Waals surface area contributed by atoms with Crippen molar-refractivity contribution in [3.8, 4) is 11.5 Å². The summed E-state index contributed by atoms with van der Waals surface area (Å²) >= 11 is 0. The number of Topliss-reactive ketones (excluding diaryl/α,β-unsaturated/α-hetero) is 1. The van der Waals surface area contributed by atoms with Crippen LogP contribution in [-0.2, 0) is 18.4 Å². The van der Waals surface area contributed by atoms with E-state index < -0.39 is 23.5 Å². The van der Waals surface area contributed by atoms with Gasteiger partial charge in [0.25, 0.3) is 5.60 Å². The molecule has 0 saturated carbocycles. The monoisotopic (exact) mass is 511 g/mol. The molecule has 192 valence electrons. The molecule has 3 aromatic rings. The zero-order valence-electron chi connectivity index (χ0n) is 19.4. The number of halogens is 6. The fourth-order valence-electron chi connectivity index (χ4n) is 3.57. The van der Waals surface area contributed by atoms with E-state index >= 15 is 0 Å². The molecule has 1 heterocycles. The molecule has 0 radical (unpaired) electrons. The molecule has 2 aromatic carbocycles. The smallest absolute Gasteiger partial charge is 0.430 e. The van der Waals surface area contributed by atoms with E-state index in [9.17, 15) is 36.2 Å². The van der Waals surface area contributed by atoms with Crippen LogP contribution in [0.3, 0.4) is 0 Å². The van der Waals surface area contributed by atoms with Gasteiger partial charge in [0.2, 0.25) is 0 Å². The first-order chi connectivity index (χ1) is 16.8. The minimum absolute atomic E-state index is 0.00725. The summed E-state index contributed by atoms with van der Waals surface area (Å²) in [5, 5.41) is 9.70. The number of ketones is 1. The summed E-state index contributed by atoms with van der Waals surface area (Å²) in [7, 11) is 0. The summed E-state index contributed by atoms with van der Waals surface area (Å²) in [6.07, 6.45) is -10.1. The van der Waals surface area contributed by atoms with Crippen molar-refractivity contribution in [3.63, 3.8) is 0 Å². The lowest BCUT2D eigenvalue weighted by Crippen LogP contribution is -2.53. The van der Waals surface area contributed by atoms with Gasteiger partial charge in [0.05, 0.1) is 6.20 Å². The molecule has 0 amide bonds. The number of aryl methyl sites for hydroxylation is 2. The molecule has 36 heavy (non-hydrogen) atoms. The van der Waals surface area contributed by atoms with E-state index in [0.717, 1.165) is 17.2 Å². The summed E-state index contributed by atoms with van der Waals surface area (Å²) < 4.78 is 85.3.